The summed E-state index contributed by atoms with van der Waals surface area (Å²) in [5.41, 5.74) is 9.20. The van der Waals surface area contributed by atoms with E-state index in [9.17, 15) is 4.39 Å². The summed E-state index contributed by atoms with van der Waals surface area (Å²) in [4.78, 5) is 2.22. The zero-order valence-electron chi connectivity index (χ0n) is 12.9. The van der Waals surface area contributed by atoms with Gasteiger partial charge in [0.1, 0.15) is 5.82 Å². The first-order chi connectivity index (χ1) is 9.30. The van der Waals surface area contributed by atoms with E-state index in [-0.39, 0.29) is 17.3 Å². The van der Waals surface area contributed by atoms with Crippen LogP contribution in [0.4, 0.5) is 10.1 Å². The minimum Gasteiger partial charge on any atom is -0.367 e. The molecule has 0 bridgehead atoms. The van der Waals surface area contributed by atoms with Crippen molar-refractivity contribution in [2.24, 2.45) is 11.1 Å². The van der Waals surface area contributed by atoms with Gasteiger partial charge in [-0.15, -0.1) is 0 Å². The lowest BCUT2D eigenvalue weighted by molar-refractivity contribution is 0.472. The molecule has 0 amide bonds. The van der Waals surface area contributed by atoms with Gasteiger partial charge in [0, 0.05) is 30.4 Å². The van der Waals surface area contributed by atoms with Gasteiger partial charge in [-0.25, -0.2) is 4.39 Å². The monoisotopic (exact) mass is 276 g/mol. The largest absolute Gasteiger partial charge is 0.367 e. The van der Waals surface area contributed by atoms with Crippen molar-refractivity contribution in [3.05, 3.63) is 41.2 Å². The minimum absolute atomic E-state index is 0.205. The van der Waals surface area contributed by atoms with E-state index in [0.29, 0.717) is 5.56 Å². The molecule has 2 nitrogen and oxygen atoms in total. The Hall–Kier alpha value is -1.35. The van der Waals surface area contributed by atoms with Gasteiger partial charge in [0.15, 0.2) is 0 Å². The summed E-state index contributed by atoms with van der Waals surface area (Å²) in [6.07, 6.45) is 3.30. The number of anilines is 1. The summed E-state index contributed by atoms with van der Waals surface area (Å²) in [6, 6.07) is 4.93. The van der Waals surface area contributed by atoms with Crippen LogP contribution in [-0.2, 0) is 0 Å². The highest BCUT2D eigenvalue weighted by Crippen LogP contribution is 2.34. The van der Waals surface area contributed by atoms with Crippen molar-refractivity contribution in [2.45, 2.75) is 40.2 Å². The summed E-state index contributed by atoms with van der Waals surface area (Å²) in [5.74, 6) is -0.205. The van der Waals surface area contributed by atoms with Gasteiger partial charge in [0.05, 0.1) is 0 Å². The Balaban J connectivity index is 2.28. The van der Waals surface area contributed by atoms with Crippen LogP contribution in [0.25, 0.3) is 0 Å². The Kier molecular flexibility index (Phi) is 4.19. The third kappa shape index (κ3) is 3.04. The van der Waals surface area contributed by atoms with Crippen molar-refractivity contribution in [3.8, 4) is 0 Å². The molecule has 3 heteroatoms. The topological polar surface area (TPSA) is 29.3 Å². The van der Waals surface area contributed by atoms with Gasteiger partial charge in [-0.1, -0.05) is 38.5 Å². The van der Waals surface area contributed by atoms with Gasteiger partial charge >= 0.3 is 0 Å². The fourth-order valence-corrected chi connectivity index (χ4v) is 2.82. The molecule has 0 aromatic heterocycles. The highest BCUT2D eigenvalue weighted by Gasteiger charge is 2.23. The van der Waals surface area contributed by atoms with Crippen molar-refractivity contribution < 1.29 is 4.39 Å². The van der Waals surface area contributed by atoms with Crippen LogP contribution in [-0.4, -0.2) is 13.1 Å². The smallest absolute Gasteiger partial charge is 0.130 e. The second-order valence-corrected chi connectivity index (χ2v) is 6.64. The second kappa shape index (κ2) is 5.57. The zero-order chi connectivity index (χ0) is 14.9. The predicted octanol–water partition coefficient (Wildman–Crippen LogP) is 4.03. The Morgan fingerprint density at radius 1 is 1.30 bits per heavy atom. The molecule has 1 aromatic carbocycles. The molecule has 1 heterocycles. The van der Waals surface area contributed by atoms with Crippen LogP contribution >= 0.6 is 0 Å². The third-order valence-electron chi connectivity index (χ3n) is 4.00. The lowest BCUT2D eigenvalue weighted by Gasteiger charge is -2.35. The van der Waals surface area contributed by atoms with Gasteiger partial charge in [-0.3, -0.25) is 0 Å². The second-order valence-electron chi connectivity index (χ2n) is 6.64. The Labute approximate surface area is 121 Å². The summed E-state index contributed by atoms with van der Waals surface area (Å²) < 4.78 is 14.0. The molecule has 0 fully saturated rings. The number of halogens is 1. The van der Waals surface area contributed by atoms with E-state index in [4.69, 9.17) is 5.73 Å². The van der Waals surface area contributed by atoms with Gasteiger partial charge in [0.2, 0.25) is 0 Å². The van der Waals surface area contributed by atoms with Gasteiger partial charge in [-0.2, -0.15) is 0 Å². The maximum absolute atomic E-state index is 14.0. The van der Waals surface area contributed by atoms with Crippen molar-refractivity contribution in [1.82, 2.24) is 0 Å². The fourth-order valence-electron chi connectivity index (χ4n) is 2.82. The van der Waals surface area contributed by atoms with Crippen molar-refractivity contribution in [1.29, 1.82) is 0 Å². The number of hydrogen-bond acceptors (Lipinski definition) is 2. The number of hydrogen-bond donors (Lipinski definition) is 1. The first-order valence-electron chi connectivity index (χ1n) is 7.29. The molecule has 20 heavy (non-hydrogen) atoms. The van der Waals surface area contributed by atoms with Crippen LogP contribution < -0.4 is 10.6 Å². The molecule has 0 unspecified atom stereocenters. The molecule has 2 N–H and O–H groups in total. The minimum atomic E-state index is -0.292. The van der Waals surface area contributed by atoms with E-state index < -0.39 is 0 Å². The van der Waals surface area contributed by atoms with E-state index in [1.165, 1.54) is 11.6 Å². The molecule has 0 saturated heterocycles. The summed E-state index contributed by atoms with van der Waals surface area (Å²) in [5, 5.41) is 0. The molecule has 1 aliphatic rings. The average molecular weight is 276 g/mol. The molecular formula is C17H25FN2. The van der Waals surface area contributed by atoms with Crippen LogP contribution in [0.1, 0.15) is 45.7 Å². The van der Waals surface area contributed by atoms with Crippen LogP contribution in [0.15, 0.2) is 29.8 Å². The molecule has 1 aliphatic heterocycles. The van der Waals surface area contributed by atoms with Crippen LogP contribution in [0.3, 0.4) is 0 Å². The van der Waals surface area contributed by atoms with Gasteiger partial charge in [0.25, 0.3) is 0 Å². The maximum Gasteiger partial charge on any atom is 0.130 e. The van der Waals surface area contributed by atoms with Crippen molar-refractivity contribution in [3.63, 3.8) is 0 Å². The van der Waals surface area contributed by atoms with Gasteiger partial charge in [-0.05, 0) is 30.9 Å². The first-order valence-corrected chi connectivity index (χ1v) is 7.29. The van der Waals surface area contributed by atoms with Crippen LogP contribution in [0.5, 0.6) is 0 Å². The summed E-state index contributed by atoms with van der Waals surface area (Å²) in [6.45, 7) is 10.3. The highest BCUT2D eigenvalue weighted by atomic mass is 19.1. The maximum atomic E-state index is 14.0. The van der Waals surface area contributed by atoms with Crippen LogP contribution in [0, 0.1) is 11.2 Å². The van der Waals surface area contributed by atoms with E-state index in [2.05, 4.69) is 31.7 Å². The summed E-state index contributed by atoms with van der Waals surface area (Å²) >= 11 is 0. The Bertz CT molecular complexity index is 512. The molecule has 0 saturated carbocycles. The molecule has 1 aromatic rings. The quantitative estimate of drug-likeness (QED) is 0.826. The lowest BCUT2D eigenvalue weighted by atomic mass is 9.83. The predicted molar refractivity (Wildman–Crippen MR) is 83.4 cm³/mol. The zero-order valence-corrected chi connectivity index (χ0v) is 12.9. The van der Waals surface area contributed by atoms with Crippen molar-refractivity contribution in [2.75, 3.05) is 18.0 Å². The summed E-state index contributed by atoms with van der Waals surface area (Å²) in [7, 11) is 0. The van der Waals surface area contributed by atoms with E-state index in [1.54, 1.807) is 6.07 Å². The molecule has 2 rings (SSSR count). The lowest BCUT2D eigenvalue weighted by Crippen LogP contribution is -2.32. The van der Waals surface area contributed by atoms with Gasteiger partial charge < -0.3 is 10.6 Å². The molecule has 110 valence electrons. The molecule has 0 spiro atoms. The first kappa shape index (κ1) is 15.0. The fraction of sp³-hybridized carbons (Fsp3) is 0.529. The van der Waals surface area contributed by atoms with E-state index >= 15 is 0 Å². The standard InChI is InChI=1S/C17H25FN2/c1-12(19)16-14(18)6-5-7-15(16)20-10-8-13(9-11-20)17(2,3)4/h5-8,12H,9-11,19H2,1-4H3/t12-/m0/s1. The van der Waals surface area contributed by atoms with E-state index in [0.717, 1.165) is 25.2 Å². The van der Waals surface area contributed by atoms with E-state index in [1.807, 2.05) is 13.0 Å². The Morgan fingerprint density at radius 2 is 2.00 bits per heavy atom. The normalized spacial score (nSPS) is 17.9. The Morgan fingerprint density at radius 3 is 2.50 bits per heavy atom. The number of nitrogens with two attached hydrogens (primary N) is 1. The highest BCUT2D eigenvalue weighted by molar-refractivity contribution is 5.56. The number of nitrogens with zero attached hydrogens (tertiary/aromatic N) is 1. The third-order valence-corrected chi connectivity index (χ3v) is 4.00. The SMILES string of the molecule is C[C@H](N)c1c(F)cccc1N1CC=C(C(C)(C)C)CC1. The number of rotatable bonds is 2. The average Bonchev–Trinajstić information content (AvgIpc) is 2.37. The van der Waals surface area contributed by atoms with Crippen LogP contribution in [0.2, 0.25) is 0 Å². The molecular weight excluding hydrogens is 251 g/mol. The van der Waals surface area contributed by atoms with Crippen molar-refractivity contribution >= 4 is 5.69 Å². The molecule has 0 aliphatic carbocycles. The molecule has 0 radical (unpaired) electrons. The molecule has 1 atom stereocenters. The number of benzene rings is 1.